The van der Waals surface area contributed by atoms with E-state index in [4.69, 9.17) is 0 Å². The van der Waals surface area contributed by atoms with Crippen molar-refractivity contribution in [1.82, 2.24) is 4.98 Å². The molecule has 0 amide bonds. The fourth-order valence-electron chi connectivity index (χ4n) is 1.51. The molecule has 2 rings (SSSR count). The van der Waals surface area contributed by atoms with E-state index in [0.717, 1.165) is 0 Å². The maximum Gasteiger partial charge on any atom is 0.417 e. The van der Waals surface area contributed by atoms with Gasteiger partial charge in [0.05, 0.1) is 21.3 Å². The Hall–Kier alpha value is -1.51. The minimum absolute atomic E-state index is 0.111. The van der Waals surface area contributed by atoms with Gasteiger partial charge in [-0.1, -0.05) is 11.3 Å². The smallest absolute Gasteiger partial charge is 0.365 e. The van der Waals surface area contributed by atoms with Crippen LogP contribution >= 0.6 is 11.3 Å². The number of nitrogens with zero attached hydrogens (tertiary/aromatic N) is 1. The van der Waals surface area contributed by atoms with Crippen molar-refractivity contribution in [3.8, 4) is 0 Å². The summed E-state index contributed by atoms with van der Waals surface area (Å²) in [6.07, 6.45) is -9.71. The van der Waals surface area contributed by atoms with Crippen LogP contribution in [0.4, 0.5) is 31.5 Å². The van der Waals surface area contributed by atoms with Gasteiger partial charge in [0.1, 0.15) is 0 Å². The van der Waals surface area contributed by atoms with Gasteiger partial charge in [0.15, 0.2) is 5.13 Å². The Balaban J connectivity index is 2.78. The summed E-state index contributed by atoms with van der Waals surface area (Å²) in [6, 6.07) is 0.724. The largest absolute Gasteiger partial charge is 0.417 e. The zero-order chi connectivity index (χ0) is 14.4. The zero-order valence-electron chi connectivity index (χ0n) is 9.28. The monoisotopic (exact) mass is 300 g/mol. The van der Waals surface area contributed by atoms with Crippen LogP contribution in [-0.4, -0.2) is 12.0 Å². The van der Waals surface area contributed by atoms with E-state index < -0.39 is 23.5 Å². The summed E-state index contributed by atoms with van der Waals surface area (Å²) in [5.74, 6) is 0. The van der Waals surface area contributed by atoms with E-state index in [-0.39, 0.29) is 21.4 Å². The molecule has 1 N–H and O–H groups in total. The van der Waals surface area contributed by atoms with E-state index in [1.807, 2.05) is 0 Å². The number of nitrogens with one attached hydrogen (secondary N) is 1. The highest BCUT2D eigenvalue weighted by atomic mass is 32.1. The van der Waals surface area contributed by atoms with Crippen LogP contribution < -0.4 is 5.32 Å². The number of benzene rings is 1. The summed E-state index contributed by atoms with van der Waals surface area (Å²) in [7, 11) is 1.43. The molecule has 1 aromatic carbocycles. The van der Waals surface area contributed by atoms with Gasteiger partial charge < -0.3 is 5.32 Å². The fraction of sp³-hybridized carbons (Fsp3) is 0.300. The first-order chi connectivity index (χ1) is 8.63. The van der Waals surface area contributed by atoms with E-state index in [9.17, 15) is 26.3 Å². The molecule has 0 aliphatic heterocycles. The molecule has 0 saturated heterocycles. The van der Waals surface area contributed by atoms with Gasteiger partial charge in [0, 0.05) is 7.05 Å². The molecule has 19 heavy (non-hydrogen) atoms. The van der Waals surface area contributed by atoms with Gasteiger partial charge in [0.2, 0.25) is 0 Å². The first-order valence-corrected chi connectivity index (χ1v) is 5.71. The van der Waals surface area contributed by atoms with Gasteiger partial charge in [0.25, 0.3) is 0 Å². The lowest BCUT2D eigenvalue weighted by Gasteiger charge is -2.11. The molecule has 2 aromatic rings. The Morgan fingerprint density at radius 2 is 1.68 bits per heavy atom. The van der Waals surface area contributed by atoms with Gasteiger partial charge in [-0.25, -0.2) is 4.98 Å². The number of anilines is 1. The van der Waals surface area contributed by atoms with Crippen LogP contribution in [0.2, 0.25) is 0 Å². The highest BCUT2D eigenvalue weighted by Crippen LogP contribution is 2.42. The van der Waals surface area contributed by atoms with Gasteiger partial charge in [-0.05, 0) is 12.1 Å². The molecular weight excluding hydrogens is 294 g/mol. The van der Waals surface area contributed by atoms with Crippen molar-refractivity contribution < 1.29 is 26.3 Å². The van der Waals surface area contributed by atoms with E-state index in [1.165, 1.54) is 7.05 Å². The van der Waals surface area contributed by atoms with Crippen LogP contribution in [0.15, 0.2) is 12.1 Å². The van der Waals surface area contributed by atoms with Crippen molar-refractivity contribution in [2.75, 3.05) is 12.4 Å². The first-order valence-electron chi connectivity index (χ1n) is 4.89. The summed E-state index contributed by atoms with van der Waals surface area (Å²) in [5, 5.41) is 2.64. The van der Waals surface area contributed by atoms with Crippen LogP contribution in [0.3, 0.4) is 0 Å². The summed E-state index contributed by atoms with van der Waals surface area (Å²) >= 11 is 0.661. The molecule has 104 valence electrons. The summed E-state index contributed by atoms with van der Waals surface area (Å²) in [4.78, 5) is 3.69. The van der Waals surface area contributed by atoms with E-state index in [0.29, 0.717) is 17.4 Å². The maximum atomic E-state index is 12.8. The lowest BCUT2D eigenvalue weighted by Crippen LogP contribution is -2.10. The fourth-order valence-corrected chi connectivity index (χ4v) is 2.45. The van der Waals surface area contributed by atoms with Gasteiger partial charge in [-0.3, -0.25) is 0 Å². The summed E-state index contributed by atoms with van der Waals surface area (Å²) in [5.41, 5.74) is -3.01. The van der Waals surface area contributed by atoms with Gasteiger partial charge >= 0.3 is 12.4 Å². The quantitative estimate of drug-likeness (QED) is 0.791. The van der Waals surface area contributed by atoms with Crippen molar-refractivity contribution in [3.05, 3.63) is 23.3 Å². The zero-order valence-corrected chi connectivity index (χ0v) is 10.1. The number of thiazole rings is 1. The second-order valence-electron chi connectivity index (χ2n) is 3.64. The molecule has 0 atom stereocenters. The highest BCUT2D eigenvalue weighted by molar-refractivity contribution is 7.22. The topological polar surface area (TPSA) is 24.9 Å². The van der Waals surface area contributed by atoms with Gasteiger partial charge in [-0.15, -0.1) is 0 Å². The number of hydrogen-bond acceptors (Lipinski definition) is 3. The third kappa shape index (κ3) is 2.60. The predicted octanol–water partition coefficient (Wildman–Crippen LogP) is 4.38. The van der Waals surface area contributed by atoms with Crippen LogP contribution in [-0.2, 0) is 12.4 Å². The van der Waals surface area contributed by atoms with Crippen molar-refractivity contribution in [1.29, 1.82) is 0 Å². The Morgan fingerprint density at radius 3 is 2.16 bits per heavy atom. The summed E-state index contributed by atoms with van der Waals surface area (Å²) < 4.78 is 75.8. The average molecular weight is 300 g/mol. The number of fused-ring (bicyclic) bond motifs is 1. The SMILES string of the molecule is CNc1nc2cc(C(F)(F)F)cc(C(F)(F)F)c2s1. The number of halogens is 6. The number of aromatic nitrogens is 1. The average Bonchev–Trinajstić information content (AvgIpc) is 2.67. The standard InChI is InChI=1S/C10H6F6N2S/c1-17-8-18-6-3-4(9(11,12)13)2-5(7(6)19-8)10(14,15)16/h2-3H,1H3,(H,17,18). The molecule has 0 unspecified atom stereocenters. The molecule has 2 nitrogen and oxygen atoms in total. The lowest BCUT2D eigenvalue weighted by molar-refractivity contribution is -0.142. The molecule has 0 bridgehead atoms. The van der Waals surface area contributed by atoms with Crippen LogP contribution in [0.5, 0.6) is 0 Å². The third-order valence-electron chi connectivity index (χ3n) is 2.34. The molecule has 1 heterocycles. The molecular formula is C10H6F6N2S. The van der Waals surface area contributed by atoms with E-state index in [2.05, 4.69) is 10.3 Å². The first kappa shape index (κ1) is 13.9. The van der Waals surface area contributed by atoms with Crippen molar-refractivity contribution in [3.63, 3.8) is 0 Å². The van der Waals surface area contributed by atoms with Crippen LogP contribution in [0, 0.1) is 0 Å². The Kier molecular flexibility index (Phi) is 3.12. The molecule has 9 heteroatoms. The molecule has 0 spiro atoms. The van der Waals surface area contributed by atoms with Gasteiger partial charge in [-0.2, -0.15) is 26.3 Å². The molecule has 0 aliphatic rings. The normalized spacial score (nSPS) is 13.0. The molecule has 0 fully saturated rings. The number of hydrogen-bond donors (Lipinski definition) is 1. The van der Waals surface area contributed by atoms with Crippen molar-refractivity contribution in [2.45, 2.75) is 12.4 Å². The predicted molar refractivity (Wildman–Crippen MR) is 59.2 cm³/mol. The molecule has 0 aliphatic carbocycles. The third-order valence-corrected chi connectivity index (χ3v) is 3.46. The molecule has 1 aromatic heterocycles. The van der Waals surface area contributed by atoms with E-state index in [1.54, 1.807) is 0 Å². The second-order valence-corrected chi connectivity index (χ2v) is 4.64. The molecule has 0 radical (unpaired) electrons. The molecule has 0 saturated carbocycles. The number of alkyl halides is 6. The summed E-state index contributed by atoms with van der Waals surface area (Å²) in [6.45, 7) is 0. The Bertz CT molecular complexity index is 613. The minimum Gasteiger partial charge on any atom is -0.365 e. The van der Waals surface area contributed by atoms with Crippen molar-refractivity contribution >= 4 is 26.7 Å². The second kappa shape index (κ2) is 4.26. The maximum absolute atomic E-state index is 12.8. The van der Waals surface area contributed by atoms with Crippen molar-refractivity contribution in [2.24, 2.45) is 0 Å². The minimum atomic E-state index is -4.86. The van der Waals surface area contributed by atoms with Crippen LogP contribution in [0.1, 0.15) is 11.1 Å². The highest BCUT2D eigenvalue weighted by Gasteiger charge is 2.39. The van der Waals surface area contributed by atoms with Crippen LogP contribution in [0.25, 0.3) is 10.2 Å². The number of rotatable bonds is 1. The lowest BCUT2D eigenvalue weighted by atomic mass is 10.1. The van der Waals surface area contributed by atoms with E-state index >= 15 is 0 Å². The Morgan fingerprint density at radius 1 is 1.05 bits per heavy atom. The Labute approximate surface area is 107 Å².